The Kier molecular flexibility index (Phi) is 3.34. The lowest BCUT2D eigenvalue weighted by Gasteiger charge is -2.08. The highest BCUT2D eigenvalue weighted by atomic mass is 19.1. The molecule has 0 unspecified atom stereocenters. The monoisotopic (exact) mass is 237 g/mol. The van der Waals surface area contributed by atoms with Gasteiger partial charge in [0.2, 0.25) is 0 Å². The van der Waals surface area contributed by atoms with Crippen LogP contribution in [0.25, 0.3) is 0 Å². The van der Waals surface area contributed by atoms with Gasteiger partial charge in [0, 0.05) is 12.1 Å². The summed E-state index contributed by atoms with van der Waals surface area (Å²) in [6.07, 6.45) is 0. The summed E-state index contributed by atoms with van der Waals surface area (Å²) in [6.45, 7) is 2.06. The Morgan fingerprint density at radius 2 is 2.29 bits per heavy atom. The van der Waals surface area contributed by atoms with Crippen LogP contribution in [0.4, 0.5) is 4.39 Å². The molecule has 6 heteroatoms. The molecule has 90 valence electrons. The van der Waals surface area contributed by atoms with Crippen LogP contribution in [0.5, 0.6) is 5.75 Å². The highest BCUT2D eigenvalue weighted by molar-refractivity contribution is 5.33. The molecule has 0 saturated carbocycles. The van der Waals surface area contributed by atoms with E-state index in [0.29, 0.717) is 23.0 Å². The minimum atomic E-state index is -0.341. The summed E-state index contributed by atoms with van der Waals surface area (Å²) in [6, 6.07) is 4.18. The van der Waals surface area contributed by atoms with Crippen LogP contribution in [0.3, 0.4) is 0 Å². The van der Waals surface area contributed by atoms with Crippen LogP contribution in [-0.2, 0) is 13.2 Å². The van der Waals surface area contributed by atoms with Gasteiger partial charge in [-0.05, 0) is 25.1 Å². The minimum absolute atomic E-state index is 0.138. The molecule has 1 heterocycles. The van der Waals surface area contributed by atoms with Crippen molar-refractivity contribution < 1.29 is 13.7 Å². The first kappa shape index (κ1) is 11.5. The Morgan fingerprint density at radius 1 is 1.47 bits per heavy atom. The SMILES string of the molecule is Cc1noc(COc2ccc(F)cc2CN)n1. The fourth-order valence-electron chi connectivity index (χ4n) is 1.39. The zero-order chi connectivity index (χ0) is 12.3. The summed E-state index contributed by atoms with van der Waals surface area (Å²) in [5.41, 5.74) is 6.09. The van der Waals surface area contributed by atoms with Gasteiger partial charge in [-0.2, -0.15) is 4.98 Å². The van der Waals surface area contributed by atoms with E-state index < -0.39 is 0 Å². The van der Waals surface area contributed by atoms with Crippen LogP contribution in [0, 0.1) is 12.7 Å². The summed E-state index contributed by atoms with van der Waals surface area (Å²) in [7, 11) is 0. The van der Waals surface area contributed by atoms with Crippen molar-refractivity contribution in [3.8, 4) is 5.75 Å². The van der Waals surface area contributed by atoms with Crippen molar-refractivity contribution in [3.63, 3.8) is 0 Å². The molecule has 0 aliphatic heterocycles. The van der Waals surface area contributed by atoms with Crippen molar-refractivity contribution in [1.29, 1.82) is 0 Å². The van der Waals surface area contributed by atoms with Crippen LogP contribution in [0.2, 0.25) is 0 Å². The lowest BCUT2D eigenvalue weighted by atomic mass is 10.2. The molecule has 2 rings (SSSR count). The second-order valence-electron chi connectivity index (χ2n) is 3.48. The Balaban J connectivity index is 2.08. The molecule has 0 spiro atoms. The fraction of sp³-hybridized carbons (Fsp3) is 0.273. The van der Waals surface area contributed by atoms with E-state index >= 15 is 0 Å². The van der Waals surface area contributed by atoms with E-state index in [0.717, 1.165) is 0 Å². The van der Waals surface area contributed by atoms with Crippen molar-refractivity contribution in [2.75, 3.05) is 0 Å². The van der Waals surface area contributed by atoms with Gasteiger partial charge in [0.05, 0.1) is 0 Å². The van der Waals surface area contributed by atoms with E-state index in [1.54, 1.807) is 6.92 Å². The first-order chi connectivity index (χ1) is 8.19. The first-order valence-electron chi connectivity index (χ1n) is 5.09. The van der Waals surface area contributed by atoms with E-state index in [1.807, 2.05) is 0 Å². The summed E-state index contributed by atoms with van der Waals surface area (Å²) >= 11 is 0. The van der Waals surface area contributed by atoms with Crippen LogP contribution in [-0.4, -0.2) is 10.1 Å². The minimum Gasteiger partial charge on any atom is -0.483 e. The number of aryl methyl sites for hydroxylation is 1. The van der Waals surface area contributed by atoms with Gasteiger partial charge >= 0.3 is 0 Å². The van der Waals surface area contributed by atoms with Crippen LogP contribution in [0.1, 0.15) is 17.3 Å². The van der Waals surface area contributed by atoms with E-state index in [1.165, 1.54) is 18.2 Å². The fourth-order valence-corrected chi connectivity index (χ4v) is 1.39. The third kappa shape index (κ3) is 2.79. The third-order valence-electron chi connectivity index (χ3n) is 2.16. The average molecular weight is 237 g/mol. The van der Waals surface area contributed by atoms with Crippen molar-refractivity contribution >= 4 is 0 Å². The van der Waals surface area contributed by atoms with Gasteiger partial charge in [-0.3, -0.25) is 0 Å². The quantitative estimate of drug-likeness (QED) is 0.873. The number of hydrogen-bond acceptors (Lipinski definition) is 5. The topological polar surface area (TPSA) is 74.2 Å². The Morgan fingerprint density at radius 3 is 2.94 bits per heavy atom. The zero-order valence-electron chi connectivity index (χ0n) is 9.31. The molecule has 1 aromatic heterocycles. The predicted molar refractivity (Wildman–Crippen MR) is 57.7 cm³/mol. The van der Waals surface area contributed by atoms with Gasteiger partial charge in [0.1, 0.15) is 11.6 Å². The van der Waals surface area contributed by atoms with E-state index in [4.69, 9.17) is 15.0 Å². The maximum atomic E-state index is 12.9. The maximum absolute atomic E-state index is 12.9. The van der Waals surface area contributed by atoms with E-state index in [2.05, 4.69) is 10.1 Å². The van der Waals surface area contributed by atoms with Crippen molar-refractivity contribution in [2.24, 2.45) is 5.73 Å². The number of nitrogens with zero attached hydrogens (tertiary/aromatic N) is 2. The average Bonchev–Trinajstić information content (AvgIpc) is 2.73. The van der Waals surface area contributed by atoms with Gasteiger partial charge < -0.3 is 15.0 Å². The number of halogens is 1. The number of rotatable bonds is 4. The summed E-state index contributed by atoms with van der Waals surface area (Å²) in [5.74, 6) is 1.09. The highest BCUT2D eigenvalue weighted by Gasteiger charge is 2.07. The number of ether oxygens (including phenoxy) is 1. The summed E-state index contributed by atoms with van der Waals surface area (Å²) in [5, 5.41) is 3.63. The molecule has 0 bridgehead atoms. The van der Waals surface area contributed by atoms with E-state index in [-0.39, 0.29) is 19.0 Å². The van der Waals surface area contributed by atoms with Gasteiger partial charge in [-0.25, -0.2) is 4.39 Å². The Labute approximate surface area is 97.4 Å². The molecule has 2 aromatic rings. The zero-order valence-corrected chi connectivity index (χ0v) is 9.31. The number of aromatic nitrogens is 2. The van der Waals surface area contributed by atoms with E-state index in [9.17, 15) is 4.39 Å². The molecular formula is C11H12FN3O2. The van der Waals surface area contributed by atoms with Crippen LogP contribution < -0.4 is 10.5 Å². The molecule has 0 aliphatic rings. The largest absolute Gasteiger partial charge is 0.483 e. The van der Waals surface area contributed by atoms with Crippen molar-refractivity contribution in [2.45, 2.75) is 20.1 Å². The molecule has 2 N–H and O–H groups in total. The number of benzene rings is 1. The maximum Gasteiger partial charge on any atom is 0.264 e. The lowest BCUT2D eigenvalue weighted by molar-refractivity contribution is 0.240. The number of hydrogen-bond donors (Lipinski definition) is 1. The molecule has 0 atom stereocenters. The second kappa shape index (κ2) is 4.92. The summed E-state index contributed by atoms with van der Waals surface area (Å²) < 4.78 is 23.3. The molecule has 0 saturated heterocycles. The third-order valence-corrected chi connectivity index (χ3v) is 2.16. The van der Waals surface area contributed by atoms with Crippen LogP contribution in [0.15, 0.2) is 22.7 Å². The molecule has 5 nitrogen and oxygen atoms in total. The molecule has 17 heavy (non-hydrogen) atoms. The first-order valence-corrected chi connectivity index (χ1v) is 5.09. The number of nitrogens with two attached hydrogens (primary N) is 1. The summed E-state index contributed by atoms with van der Waals surface area (Å²) in [4.78, 5) is 3.99. The Hall–Kier alpha value is -1.95. The molecule has 0 amide bonds. The molecule has 0 radical (unpaired) electrons. The molecular weight excluding hydrogens is 225 g/mol. The van der Waals surface area contributed by atoms with Gasteiger partial charge in [-0.1, -0.05) is 5.16 Å². The van der Waals surface area contributed by atoms with Gasteiger partial charge in [0.25, 0.3) is 5.89 Å². The predicted octanol–water partition coefficient (Wildman–Crippen LogP) is 1.55. The Bertz CT molecular complexity index is 513. The van der Waals surface area contributed by atoms with Crippen LogP contribution >= 0.6 is 0 Å². The smallest absolute Gasteiger partial charge is 0.264 e. The highest BCUT2D eigenvalue weighted by Crippen LogP contribution is 2.20. The van der Waals surface area contributed by atoms with Crippen molar-refractivity contribution in [1.82, 2.24) is 10.1 Å². The van der Waals surface area contributed by atoms with Crippen molar-refractivity contribution in [3.05, 3.63) is 41.3 Å². The normalized spacial score (nSPS) is 10.5. The lowest BCUT2D eigenvalue weighted by Crippen LogP contribution is -2.03. The second-order valence-corrected chi connectivity index (χ2v) is 3.48. The van der Waals surface area contributed by atoms with Gasteiger partial charge in [0.15, 0.2) is 12.4 Å². The standard InChI is InChI=1S/C11H12FN3O2/c1-7-14-11(17-15-7)6-16-10-3-2-9(12)4-8(10)5-13/h2-4H,5-6,13H2,1H3. The molecule has 1 aromatic carbocycles. The van der Waals surface area contributed by atoms with Gasteiger partial charge in [-0.15, -0.1) is 0 Å². The molecule has 0 aliphatic carbocycles. The molecule has 0 fully saturated rings.